The van der Waals surface area contributed by atoms with E-state index in [-0.39, 0.29) is 37.5 Å². The van der Waals surface area contributed by atoms with Crippen LogP contribution in [0.2, 0.25) is 0 Å². The van der Waals surface area contributed by atoms with E-state index in [4.69, 9.17) is 0 Å². The molecule has 2 nitrogen and oxygen atoms in total. The third-order valence-corrected chi connectivity index (χ3v) is 0.824. The second-order valence-electron chi connectivity index (χ2n) is 1.47. The second-order valence-corrected chi connectivity index (χ2v) is 1.47. The Morgan fingerprint density at radius 3 is 1.33 bits per heavy atom. The third kappa shape index (κ3) is 2.58. The molecule has 0 aliphatic heterocycles. The molecule has 0 aromatic heterocycles. The van der Waals surface area contributed by atoms with Crippen molar-refractivity contribution in [1.82, 2.24) is 0 Å². The van der Waals surface area contributed by atoms with Gasteiger partial charge in [-0.2, -0.15) is 0 Å². The third-order valence-electron chi connectivity index (χ3n) is 0.824. The number of hydrogen-bond acceptors (Lipinski definition) is 2. The van der Waals surface area contributed by atoms with Gasteiger partial charge in [-0.25, -0.2) is 0 Å². The van der Waals surface area contributed by atoms with E-state index in [1.165, 1.54) is 24.3 Å². The van der Waals surface area contributed by atoms with Crippen molar-refractivity contribution in [1.29, 1.82) is 0 Å². The Hall–Kier alpha value is -0.414. The molecule has 0 heterocycles. The van der Waals surface area contributed by atoms with Crippen molar-refractivity contribution in [3.05, 3.63) is 24.3 Å². The Morgan fingerprint density at radius 1 is 0.889 bits per heavy atom. The number of hydrogen-bond donors (Lipinski definition) is 0. The van der Waals surface area contributed by atoms with E-state index in [0.29, 0.717) is 0 Å². The normalized spacial score (nSPS) is 15.6. The van der Waals surface area contributed by atoms with Gasteiger partial charge in [0.15, 0.2) is 11.6 Å². The fourth-order valence-corrected chi connectivity index (χ4v) is 0.440. The van der Waals surface area contributed by atoms with Crippen LogP contribution < -0.4 is 0 Å². The summed E-state index contributed by atoms with van der Waals surface area (Å²) in [5, 5.41) is 0. The van der Waals surface area contributed by atoms with Crippen LogP contribution in [0.1, 0.15) is 2.85 Å². The standard InChI is InChI=1S/C6H4O2.Mg.2H/c7-5-1-2-6(8)4-3-5;;;/h1-4H;;;/q;+2;2*-1. The average molecular weight is 134 g/mol. The first kappa shape index (κ1) is 8.59. The van der Waals surface area contributed by atoms with Gasteiger partial charge in [0.1, 0.15) is 0 Å². The Labute approximate surface area is 71.7 Å². The van der Waals surface area contributed by atoms with Gasteiger partial charge in [0, 0.05) is 0 Å². The maximum absolute atomic E-state index is 10.3. The second kappa shape index (κ2) is 3.58. The van der Waals surface area contributed by atoms with E-state index in [1.54, 1.807) is 0 Å². The minimum Gasteiger partial charge on any atom is -1.00 e. The van der Waals surface area contributed by atoms with Gasteiger partial charge in [-0.15, -0.1) is 0 Å². The van der Waals surface area contributed by atoms with Gasteiger partial charge in [0.05, 0.1) is 0 Å². The average Bonchev–Trinajstić information content (AvgIpc) is 1.77. The molecule has 1 aliphatic carbocycles. The molecule has 0 amide bonds. The van der Waals surface area contributed by atoms with E-state index in [2.05, 4.69) is 0 Å². The Bertz CT molecular complexity index is 161. The number of allylic oxidation sites excluding steroid dienone is 4. The van der Waals surface area contributed by atoms with Gasteiger partial charge >= 0.3 is 23.1 Å². The van der Waals surface area contributed by atoms with Crippen LogP contribution in [-0.2, 0) is 9.59 Å². The van der Waals surface area contributed by atoms with Crippen molar-refractivity contribution in [2.45, 2.75) is 0 Å². The molecule has 0 saturated heterocycles. The van der Waals surface area contributed by atoms with Crippen LogP contribution in [0, 0.1) is 0 Å². The molecule has 1 rings (SSSR count). The predicted octanol–water partition coefficient (Wildman–Crippen LogP) is 0.0948. The fraction of sp³-hybridized carbons (Fsp3) is 0. The van der Waals surface area contributed by atoms with Gasteiger partial charge in [-0.3, -0.25) is 9.59 Å². The van der Waals surface area contributed by atoms with Crippen LogP contribution >= 0.6 is 0 Å². The first-order valence-corrected chi connectivity index (χ1v) is 2.23. The monoisotopic (exact) mass is 134 g/mol. The van der Waals surface area contributed by atoms with Gasteiger partial charge in [-0.1, -0.05) is 0 Å². The zero-order valence-corrected chi connectivity index (χ0v) is 6.25. The molecule has 9 heavy (non-hydrogen) atoms. The molecule has 0 aromatic rings. The van der Waals surface area contributed by atoms with E-state index < -0.39 is 0 Å². The van der Waals surface area contributed by atoms with Crippen molar-refractivity contribution in [3.63, 3.8) is 0 Å². The maximum atomic E-state index is 10.3. The van der Waals surface area contributed by atoms with E-state index in [1.807, 2.05) is 0 Å². The summed E-state index contributed by atoms with van der Waals surface area (Å²) in [4.78, 5) is 20.6. The fourth-order valence-electron chi connectivity index (χ4n) is 0.440. The molecule has 1 aliphatic rings. The predicted molar refractivity (Wildman–Crippen MR) is 36.3 cm³/mol. The zero-order chi connectivity index (χ0) is 5.98. The molecule has 0 unspecified atom stereocenters. The molecule has 44 valence electrons. The van der Waals surface area contributed by atoms with Gasteiger partial charge in [-0.05, 0) is 24.3 Å². The molecule has 0 radical (unpaired) electrons. The van der Waals surface area contributed by atoms with Gasteiger partial charge in [0.2, 0.25) is 0 Å². The molecule has 0 atom stereocenters. The summed E-state index contributed by atoms with van der Waals surface area (Å²) in [6.45, 7) is 0. The first-order chi connectivity index (χ1) is 3.79. The molecule has 0 bridgehead atoms. The zero-order valence-electron chi connectivity index (χ0n) is 6.83. The topological polar surface area (TPSA) is 34.1 Å². The minimum atomic E-state index is -0.121. The van der Waals surface area contributed by atoms with Crippen LogP contribution in [0.4, 0.5) is 0 Å². The Balaban J connectivity index is -0.000000213. The van der Waals surface area contributed by atoms with Crippen molar-refractivity contribution in [3.8, 4) is 0 Å². The summed E-state index contributed by atoms with van der Waals surface area (Å²) in [5.41, 5.74) is 0. The van der Waals surface area contributed by atoms with Crippen molar-refractivity contribution < 1.29 is 12.4 Å². The molecule has 0 N–H and O–H groups in total. The summed E-state index contributed by atoms with van der Waals surface area (Å²) in [6.07, 6.45) is 5.01. The molecule has 3 heteroatoms. The summed E-state index contributed by atoms with van der Waals surface area (Å²) in [7, 11) is 0. The SMILES string of the molecule is O=C1C=CC(=O)C=C1.[H-].[H-].[Mg+2]. The van der Waals surface area contributed by atoms with Crippen LogP contribution in [0.15, 0.2) is 24.3 Å². The Kier molecular flexibility index (Phi) is 3.42. The smallest absolute Gasteiger partial charge is 1.00 e. The van der Waals surface area contributed by atoms with E-state index in [9.17, 15) is 9.59 Å². The number of rotatable bonds is 0. The molecular weight excluding hydrogens is 128 g/mol. The van der Waals surface area contributed by atoms with Crippen molar-refractivity contribution >= 4 is 34.6 Å². The molecular formula is C6H6MgO2. The molecule has 0 aromatic carbocycles. The van der Waals surface area contributed by atoms with Crippen LogP contribution in [0.3, 0.4) is 0 Å². The maximum Gasteiger partial charge on any atom is 2.00 e. The van der Waals surface area contributed by atoms with Crippen LogP contribution in [-0.4, -0.2) is 34.6 Å². The first-order valence-electron chi connectivity index (χ1n) is 2.23. The van der Waals surface area contributed by atoms with Gasteiger partial charge in [0.25, 0.3) is 0 Å². The van der Waals surface area contributed by atoms with Crippen LogP contribution in [0.5, 0.6) is 0 Å². The summed E-state index contributed by atoms with van der Waals surface area (Å²) in [6, 6.07) is 0. The number of carbonyl (C=O) groups excluding carboxylic acids is 2. The van der Waals surface area contributed by atoms with Crippen molar-refractivity contribution in [2.75, 3.05) is 0 Å². The van der Waals surface area contributed by atoms with Crippen molar-refractivity contribution in [2.24, 2.45) is 0 Å². The van der Waals surface area contributed by atoms with Gasteiger partial charge < -0.3 is 2.85 Å². The van der Waals surface area contributed by atoms with Crippen LogP contribution in [0.25, 0.3) is 0 Å². The minimum absolute atomic E-state index is 0. The molecule has 0 saturated carbocycles. The Morgan fingerprint density at radius 2 is 1.11 bits per heavy atom. The summed E-state index contributed by atoms with van der Waals surface area (Å²) < 4.78 is 0. The molecule has 0 fully saturated rings. The van der Waals surface area contributed by atoms with E-state index >= 15 is 0 Å². The number of ketones is 2. The summed E-state index contributed by atoms with van der Waals surface area (Å²) in [5.74, 6) is -0.241. The quantitative estimate of drug-likeness (QED) is 0.348. The molecule has 0 spiro atoms. The summed E-state index contributed by atoms with van der Waals surface area (Å²) >= 11 is 0. The largest absolute Gasteiger partial charge is 2.00 e. The van der Waals surface area contributed by atoms with E-state index in [0.717, 1.165) is 0 Å². The number of carbonyl (C=O) groups is 2.